The van der Waals surface area contributed by atoms with Crippen LogP contribution in [0.5, 0.6) is 0 Å². The number of fused-ring (bicyclic) bond motifs is 1. The topological polar surface area (TPSA) is 108 Å². The molecule has 9 heteroatoms. The molecule has 0 atom stereocenters. The maximum Gasteiger partial charge on any atom is 0.410 e. The Kier molecular flexibility index (Phi) is 6.53. The monoisotopic (exact) mass is 445 g/mol. The third kappa shape index (κ3) is 4.99. The lowest BCUT2D eigenvalue weighted by molar-refractivity contribution is -0.111. The normalized spacial score (nSPS) is 12.8. The molecule has 0 aromatic carbocycles. The van der Waals surface area contributed by atoms with Crippen LogP contribution in [0, 0.1) is 11.3 Å². The van der Waals surface area contributed by atoms with Crippen LogP contribution in [0.1, 0.15) is 27.1 Å². The van der Waals surface area contributed by atoms with Crippen LogP contribution in [-0.4, -0.2) is 33.4 Å². The molecule has 3 aromatic heterocycles. The van der Waals surface area contributed by atoms with Crippen molar-refractivity contribution in [3.8, 4) is 6.07 Å². The second-order valence-corrected chi connectivity index (χ2v) is 8.12. The van der Waals surface area contributed by atoms with Crippen molar-refractivity contribution >= 4 is 34.4 Å². The molecule has 0 aliphatic carbocycles. The van der Waals surface area contributed by atoms with Crippen LogP contribution in [0.15, 0.2) is 55.1 Å². The largest absolute Gasteiger partial charge is 0.445 e. The summed E-state index contributed by atoms with van der Waals surface area (Å²) >= 11 is 1.31. The van der Waals surface area contributed by atoms with Crippen molar-refractivity contribution in [2.24, 2.45) is 0 Å². The molecule has 0 saturated heterocycles. The van der Waals surface area contributed by atoms with Gasteiger partial charge in [0.05, 0.1) is 12.1 Å². The van der Waals surface area contributed by atoms with Gasteiger partial charge in [0.2, 0.25) is 5.91 Å². The predicted octanol–water partition coefficient (Wildman–Crippen LogP) is 3.76. The number of aromatic nitrogens is 2. The third-order valence-corrected chi connectivity index (χ3v) is 6.02. The molecule has 2 amide bonds. The molecule has 0 saturated carbocycles. The average molecular weight is 446 g/mol. The molecular formula is C23H19N5O3S. The lowest BCUT2D eigenvalue weighted by Gasteiger charge is -2.26. The highest BCUT2D eigenvalue weighted by Crippen LogP contribution is 2.36. The summed E-state index contributed by atoms with van der Waals surface area (Å²) < 4.78 is 5.40. The second kappa shape index (κ2) is 9.85. The van der Waals surface area contributed by atoms with Crippen LogP contribution >= 0.6 is 11.3 Å². The SMILES string of the molecule is N#Cc1c(NC(=O)C=Cc2cccnc2)sc2c1CCN(C(=O)OCc1ccncc1)C2. The van der Waals surface area contributed by atoms with Crippen molar-refractivity contribution < 1.29 is 14.3 Å². The van der Waals surface area contributed by atoms with Crippen LogP contribution in [-0.2, 0) is 29.1 Å². The highest BCUT2D eigenvalue weighted by atomic mass is 32.1. The van der Waals surface area contributed by atoms with Crippen LogP contribution in [0.3, 0.4) is 0 Å². The Balaban J connectivity index is 1.41. The van der Waals surface area contributed by atoms with E-state index in [1.807, 2.05) is 6.07 Å². The van der Waals surface area contributed by atoms with Gasteiger partial charge < -0.3 is 15.0 Å². The van der Waals surface area contributed by atoms with E-state index in [0.29, 0.717) is 30.1 Å². The highest BCUT2D eigenvalue weighted by molar-refractivity contribution is 7.16. The molecule has 0 radical (unpaired) electrons. The van der Waals surface area contributed by atoms with Crippen LogP contribution in [0.25, 0.3) is 6.08 Å². The summed E-state index contributed by atoms with van der Waals surface area (Å²) in [4.78, 5) is 35.3. The van der Waals surface area contributed by atoms with Crippen molar-refractivity contribution in [3.63, 3.8) is 0 Å². The van der Waals surface area contributed by atoms with E-state index < -0.39 is 6.09 Å². The highest BCUT2D eigenvalue weighted by Gasteiger charge is 2.28. The zero-order valence-corrected chi connectivity index (χ0v) is 17.8. The van der Waals surface area contributed by atoms with E-state index >= 15 is 0 Å². The number of anilines is 1. The van der Waals surface area contributed by atoms with Crippen molar-refractivity contribution in [1.82, 2.24) is 14.9 Å². The molecule has 0 spiro atoms. The summed E-state index contributed by atoms with van der Waals surface area (Å²) in [6.07, 6.45) is 9.77. The van der Waals surface area contributed by atoms with Crippen LogP contribution in [0.2, 0.25) is 0 Å². The molecule has 0 unspecified atom stereocenters. The minimum Gasteiger partial charge on any atom is -0.445 e. The van der Waals surface area contributed by atoms with E-state index in [4.69, 9.17) is 4.74 Å². The van der Waals surface area contributed by atoms with Crippen molar-refractivity contribution in [2.45, 2.75) is 19.6 Å². The fraction of sp³-hybridized carbons (Fsp3) is 0.174. The Hall–Kier alpha value is -4.03. The van der Waals surface area contributed by atoms with Crippen molar-refractivity contribution in [1.29, 1.82) is 5.26 Å². The smallest absolute Gasteiger partial charge is 0.410 e. The van der Waals surface area contributed by atoms with E-state index in [-0.39, 0.29) is 12.5 Å². The van der Waals surface area contributed by atoms with Gasteiger partial charge in [0, 0.05) is 42.3 Å². The van der Waals surface area contributed by atoms with Gasteiger partial charge in [-0.1, -0.05) is 6.07 Å². The summed E-state index contributed by atoms with van der Waals surface area (Å²) in [7, 11) is 0. The maximum atomic E-state index is 12.5. The van der Waals surface area contributed by atoms with Gasteiger partial charge in [-0.25, -0.2) is 4.79 Å². The molecule has 160 valence electrons. The van der Waals surface area contributed by atoms with Gasteiger partial charge in [-0.2, -0.15) is 5.26 Å². The number of carbonyl (C=O) groups excluding carboxylic acids is 2. The molecule has 1 aliphatic rings. The molecule has 4 heterocycles. The fourth-order valence-corrected chi connectivity index (χ4v) is 4.50. The first-order valence-corrected chi connectivity index (χ1v) is 10.7. The Morgan fingerprint density at radius 1 is 1.25 bits per heavy atom. The van der Waals surface area contributed by atoms with E-state index in [2.05, 4.69) is 21.4 Å². The molecular weight excluding hydrogens is 426 g/mol. The number of hydrogen-bond acceptors (Lipinski definition) is 7. The van der Waals surface area contributed by atoms with Crippen molar-refractivity contribution in [3.05, 3.63) is 82.3 Å². The minimum absolute atomic E-state index is 0.170. The number of thiophene rings is 1. The number of amides is 2. The van der Waals surface area contributed by atoms with Gasteiger partial charge in [0.1, 0.15) is 17.7 Å². The molecule has 1 aliphatic heterocycles. The molecule has 4 rings (SSSR count). The minimum atomic E-state index is -0.413. The Morgan fingerprint density at radius 2 is 2.09 bits per heavy atom. The first-order valence-electron chi connectivity index (χ1n) is 9.88. The van der Waals surface area contributed by atoms with E-state index in [1.54, 1.807) is 54.0 Å². The zero-order chi connectivity index (χ0) is 22.3. The first kappa shape index (κ1) is 21.2. The first-order chi connectivity index (χ1) is 15.6. The number of pyridine rings is 2. The van der Waals surface area contributed by atoms with E-state index in [0.717, 1.165) is 21.6 Å². The van der Waals surface area contributed by atoms with Gasteiger partial charge in [0.15, 0.2) is 0 Å². The summed E-state index contributed by atoms with van der Waals surface area (Å²) in [6, 6.07) is 9.39. The number of nitrogens with one attached hydrogen (secondary N) is 1. The van der Waals surface area contributed by atoms with Gasteiger partial charge in [-0.3, -0.25) is 14.8 Å². The van der Waals surface area contributed by atoms with E-state index in [1.165, 1.54) is 17.4 Å². The summed E-state index contributed by atoms with van der Waals surface area (Å²) in [5.41, 5.74) is 2.99. The molecule has 0 bridgehead atoms. The number of ether oxygens (including phenoxy) is 1. The molecule has 32 heavy (non-hydrogen) atoms. The lowest BCUT2D eigenvalue weighted by atomic mass is 10.0. The quantitative estimate of drug-likeness (QED) is 0.599. The number of rotatable bonds is 5. The van der Waals surface area contributed by atoms with Crippen LogP contribution < -0.4 is 5.32 Å². The second-order valence-electron chi connectivity index (χ2n) is 7.01. The number of carbonyl (C=O) groups is 2. The predicted molar refractivity (Wildman–Crippen MR) is 119 cm³/mol. The zero-order valence-electron chi connectivity index (χ0n) is 17.0. The Labute approximate surface area is 188 Å². The van der Waals surface area contributed by atoms with Gasteiger partial charge in [0.25, 0.3) is 0 Å². The lowest BCUT2D eigenvalue weighted by Crippen LogP contribution is -2.35. The van der Waals surface area contributed by atoms with Gasteiger partial charge in [-0.05, 0) is 47.4 Å². The summed E-state index contributed by atoms with van der Waals surface area (Å²) in [5.74, 6) is -0.336. The van der Waals surface area contributed by atoms with Crippen LogP contribution in [0.4, 0.5) is 9.80 Å². The Bertz CT molecular complexity index is 1190. The molecule has 0 fully saturated rings. The van der Waals surface area contributed by atoms with Gasteiger partial charge >= 0.3 is 6.09 Å². The molecule has 1 N–H and O–H groups in total. The number of hydrogen-bond donors (Lipinski definition) is 1. The van der Waals surface area contributed by atoms with E-state index in [9.17, 15) is 14.9 Å². The van der Waals surface area contributed by atoms with Crippen molar-refractivity contribution in [2.75, 3.05) is 11.9 Å². The Morgan fingerprint density at radius 3 is 2.84 bits per heavy atom. The third-order valence-electron chi connectivity index (χ3n) is 4.89. The number of nitrogens with zero attached hydrogens (tertiary/aromatic N) is 4. The summed E-state index contributed by atoms with van der Waals surface area (Å²) in [6.45, 7) is 0.955. The maximum absolute atomic E-state index is 12.5. The number of nitriles is 1. The molecule has 8 nitrogen and oxygen atoms in total. The fourth-order valence-electron chi connectivity index (χ4n) is 3.28. The summed E-state index contributed by atoms with van der Waals surface area (Å²) in [5, 5.41) is 12.9. The standard InChI is InChI=1S/C23H19N5O3S/c24-12-19-18-7-11-28(23(30)31-15-17-5-9-25-10-6-17)14-20(18)32-22(19)27-21(29)4-3-16-2-1-8-26-13-16/h1-6,8-10,13H,7,11,14-15H2,(H,27,29). The van der Waals surface area contributed by atoms with Gasteiger partial charge in [-0.15, -0.1) is 11.3 Å². The molecule has 3 aromatic rings. The average Bonchev–Trinajstić information content (AvgIpc) is 3.18.